The molecule has 1 aliphatic heterocycles. The van der Waals surface area contributed by atoms with Crippen molar-refractivity contribution in [3.63, 3.8) is 0 Å². The van der Waals surface area contributed by atoms with Crippen LogP contribution in [0.5, 0.6) is 5.75 Å². The van der Waals surface area contributed by atoms with Crippen LogP contribution in [0.25, 0.3) is 11.1 Å². The molecule has 8 nitrogen and oxygen atoms in total. The fourth-order valence-corrected chi connectivity index (χ4v) is 4.96. The molecule has 0 spiro atoms. The Kier molecular flexibility index (Phi) is 9.79. The number of aliphatic hydroxyl groups is 1. The summed E-state index contributed by atoms with van der Waals surface area (Å²) in [5, 5.41) is 13.0. The lowest BCUT2D eigenvalue weighted by Crippen LogP contribution is -2.48. The van der Waals surface area contributed by atoms with E-state index < -0.39 is 0 Å². The highest BCUT2D eigenvalue weighted by molar-refractivity contribution is 6.01. The van der Waals surface area contributed by atoms with E-state index >= 15 is 0 Å². The van der Waals surface area contributed by atoms with E-state index in [1.165, 1.54) is 0 Å². The van der Waals surface area contributed by atoms with Crippen LogP contribution in [-0.4, -0.2) is 72.8 Å². The van der Waals surface area contributed by atoms with Crippen molar-refractivity contribution in [2.24, 2.45) is 5.92 Å². The summed E-state index contributed by atoms with van der Waals surface area (Å²) in [6.45, 7) is 5.14. The van der Waals surface area contributed by atoms with Crippen molar-refractivity contribution in [2.45, 2.75) is 39.1 Å². The van der Waals surface area contributed by atoms with E-state index in [-0.39, 0.29) is 36.6 Å². The highest BCUT2D eigenvalue weighted by atomic mass is 16.5. The van der Waals surface area contributed by atoms with Gasteiger partial charge in [0.2, 0.25) is 0 Å². The van der Waals surface area contributed by atoms with Gasteiger partial charge in [0.25, 0.3) is 5.91 Å². The SMILES string of the molecule is COc1ccc(CNC(=O)N(C)C[C@H]2OCc3ccccc3-c3ccccc3C(=O)N([C@H](C)CO)C[C@H]2C)cc1. The van der Waals surface area contributed by atoms with E-state index in [4.69, 9.17) is 9.47 Å². The number of hydrogen-bond donors (Lipinski definition) is 2. The number of rotatable bonds is 7. The first-order valence-corrected chi connectivity index (χ1v) is 13.6. The lowest BCUT2D eigenvalue weighted by atomic mass is 9.94. The van der Waals surface area contributed by atoms with Crippen LogP contribution in [0.15, 0.2) is 72.8 Å². The second-order valence-corrected chi connectivity index (χ2v) is 10.4. The van der Waals surface area contributed by atoms with Gasteiger partial charge in [0.1, 0.15) is 5.75 Å². The van der Waals surface area contributed by atoms with E-state index in [1.54, 1.807) is 24.0 Å². The highest BCUT2D eigenvalue weighted by Crippen LogP contribution is 2.31. The third-order valence-corrected chi connectivity index (χ3v) is 7.50. The summed E-state index contributed by atoms with van der Waals surface area (Å²) in [7, 11) is 3.36. The van der Waals surface area contributed by atoms with Crippen molar-refractivity contribution in [1.82, 2.24) is 15.1 Å². The Bertz CT molecular complexity index is 1300. The number of carbonyl (C=O) groups excluding carboxylic acids is 2. The number of benzene rings is 3. The number of nitrogens with one attached hydrogen (secondary N) is 1. The topological polar surface area (TPSA) is 91.3 Å². The van der Waals surface area contributed by atoms with Gasteiger partial charge >= 0.3 is 6.03 Å². The maximum atomic E-state index is 13.9. The normalized spacial score (nSPS) is 18.1. The molecule has 3 aromatic rings. The minimum absolute atomic E-state index is 0.118. The number of aliphatic hydroxyl groups excluding tert-OH is 1. The lowest BCUT2D eigenvalue weighted by Gasteiger charge is -2.35. The summed E-state index contributed by atoms with van der Waals surface area (Å²) in [6, 6.07) is 22.5. The Hall–Kier alpha value is -3.88. The molecule has 1 aliphatic rings. The molecule has 0 radical (unpaired) electrons. The first kappa shape index (κ1) is 29.1. The standard InChI is InChI=1S/C32H39N3O5/c1-22-18-35(23(2)20-36)31(37)29-12-8-7-11-28(29)27-10-6-5-9-25(27)21-40-30(22)19-34(3)32(38)33-17-24-13-15-26(39-4)16-14-24/h5-16,22-23,30,36H,17-21H2,1-4H3,(H,33,38)/t22-,23-,30-/m1/s1. The Morgan fingerprint density at radius 1 is 1.07 bits per heavy atom. The maximum Gasteiger partial charge on any atom is 0.317 e. The maximum absolute atomic E-state index is 13.9. The molecule has 8 heteroatoms. The number of urea groups is 1. The van der Waals surface area contributed by atoms with Crippen LogP contribution in [0.4, 0.5) is 4.79 Å². The molecule has 0 bridgehead atoms. The Morgan fingerprint density at radius 3 is 2.40 bits per heavy atom. The molecule has 0 aliphatic carbocycles. The molecule has 0 saturated heterocycles. The summed E-state index contributed by atoms with van der Waals surface area (Å²) >= 11 is 0. The van der Waals surface area contributed by atoms with E-state index in [9.17, 15) is 14.7 Å². The van der Waals surface area contributed by atoms with Crippen LogP contribution in [-0.2, 0) is 17.9 Å². The number of ether oxygens (including phenoxy) is 2. The average molecular weight is 546 g/mol. The van der Waals surface area contributed by atoms with Gasteiger partial charge in [0.15, 0.2) is 0 Å². The van der Waals surface area contributed by atoms with Gasteiger partial charge in [-0.15, -0.1) is 0 Å². The van der Waals surface area contributed by atoms with Gasteiger partial charge in [-0.2, -0.15) is 0 Å². The van der Waals surface area contributed by atoms with Crippen LogP contribution in [0.1, 0.15) is 35.3 Å². The molecule has 0 saturated carbocycles. The van der Waals surface area contributed by atoms with Crippen molar-refractivity contribution in [2.75, 3.05) is 33.9 Å². The average Bonchev–Trinajstić information content (AvgIpc) is 3.01. The molecule has 0 aromatic heterocycles. The molecular formula is C32H39N3O5. The molecule has 40 heavy (non-hydrogen) atoms. The fourth-order valence-electron chi connectivity index (χ4n) is 4.96. The summed E-state index contributed by atoms with van der Waals surface area (Å²) < 4.78 is 11.7. The smallest absolute Gasteiger partial charge is 0.317 e. The molecule has 2 N–H and O–H groups in total. The predicted octanol–water partition coefficient (Wildman–Crippen LogP) is 4.56. The number of fused-ring (bicyclic) bond motifs is 3. The minimum atomic E-state index is -0.384. The monoisotopic (exact) mass is 545 g/mol. The third kappa shape index (κ3) is 6.81. The Balaban J connectivity index is 1.56. The zero-order valence-electron chi connectivity index (χ0n) is 23.7. The van der Waals surface area contributed by atoms with Crippen LogP contribution in [0, 0.1) is 5.92 Å². The quantitative estimate of drug-likeness (QED) is 0.454. The first-order valence-electron chi connectivity index (χ1n) is 13.6. The summed E-state index contributed by atoms with van der Waals surface area (Å²) in [4.78, 5) is 30.3. The molecule has 3 aromatic carbocycles. The van der Waals surface area contributed by atoms with Crippen LogP contribution < -0.4 is 10.1 Å². The molecule has 3 atom stereocenters. The molecule has 0 unspecified atom stereocenters. The van der Waals surface area contributed by atoms with Crippen LogP contribution in [0.2, 0.25) is 0 Å². The number of likely N-dealkylation sites (N-methyl/N-ethyl adjacent to an activating group) is 1. The predicted molar refractivity (Wildman–Crippen MR) is 155 cm³/mol. The zero-order chi connectivity index (χ0) is 28.6. The summed E-state index contributed by atoms with van der Waals surface area (Å²) in [6.07, 6.45) is -0.354. The minimum Gasteiger partial charge on any atom is -0.497 e. The number of nitrogens with zero attached hydrogens (tertiary/aromatic N) is 2. The van der Waals surface area contributed by atoms with Gasteiger partial charge in [0.05, 0.1) is 32.5 Å². The number of amides is 3. The fraction of sp³-hybridized carbons (Fsp3) is 0.375. The van der Waals surface area contributed by atoms with Crippen molar-refractivity contribution in [3.05, 3.63) is 89.5 Å². The van der Waals surface area contributed by atoms with Crippen LogP contribution >= 0.6 is 0 Å². The number of methoxy groups -OCH3 is 1. The zero-order valence-corrected chi connectivity index (χ0v) is 23.7. The van der Waals surface area contributed by atoms with Gasteiger partial charge in [-0.1, -0.05) is 61.5 Å². The van der Waals surface area contributed by atoms with E-state index in [2.05, 4.69) is 5.32 Å². The van der Waals surface area contributed by atoms with E-state index in [0.717, 1.165) is 28.0 Å². The van der Waals surface area contributed by atoms with Gasteiger partial charge in [-0.25, -0.2) is 4.79 Å². The van der Waals surface area contributed by atoms with E-state index in [1.807, 2.05) is 86.6 Å². The van der Waals surface area contributed by atoms with Crippen molar-refractivity contribution in [1.29, 1.82) is 0 Å². The van der Waals surface area contributed by atoms with Gasteiger partial charge in [-0.3, -0.25) is 4.79 Å². The molecule has 4 rings (SSSR count). The van der Waals surface area contributed by atoms with Gasteiger partial charge in [0, 0.05) is 38.2 Å². The van der Waals surface area contributed by atoms with Gasteiger partial charge < -0.3 is 29.7 Å². The third-order valence-electron chi connectivity index (χ3n) is 7.50. The molecule has 1 heterocycles. The Morgan fingerprint density at radius 2 is 1.73 bits per heavy atom. The van der Waals surface area contributed by atoms with Gasteiger partial charge in [-0.05, 0) is 47.4 Å². The summed E-state index contributed by atoms with van der Waals surface area (Å²) in [5.74, 6) is 0.509. The Labute approximate surface area is 236 Å². The molecule has 212 valence electrons. The van der Waals surface area contributed by atoms with Crippen molar-refractivity contribution >= 4 is 11.9 Å². The number of hydrogen-bond acceptors (Lipinski definition) is 5. The number of carbonyl (C=O) groups is 2. The second-order valence-electron chi connectivity index (χ2n) is 10.4. The first-order chi connectivity index (χ1) is 19.3. The lowest BCUT2D eigenvalue weighted by molar-refractivity contribution is -0.0184. The molecule has 3 amide bonds. The molecular weight excluding hydrogens is 506 g/mol. The highest BCUT2D eigenvalue weighted by Gasteiger charge is 2.31. The second kappa shape index (κ2) is 13.5. The largest absolute Gasteiger partial charge is 0.497 e. The van der Waals surface area contributed by atoms with Crippen molar-refractivity contribution in [3.8, 4) is 16.9 Å². The summed E-state index contributed by atoms with van der Waals surface area (Å²) in [5.41, 5.74) is 4.29. The van der Waals surface area contributed by atoms with Crippen molar-refractivity contribution < 1.29 is 24.2 Å². The molecule has 0 fully saturated rings. The van der Waals surface area contributed by atoms with Crippen LogP contribution in [0.3, 0.4) is 0 Å². The van der Waals surface area contributed by atoms with E-state index in [0.29, 0.717) is 31.8 Å².